The topological polar surface area (TPSA) is 132 Å². The molecule has 2 heterocycles. The first-order chi connectivity index (χ1) is 15.8. The molecular formula is C20H20ClN5O6S. The second-order valence-corrected chi connectivity index (χ2v) is 9.60. The highest BCUT2D eigenvalue weighted by atomic mass is 35.5. The van der Waals surface area contributed by atoms with Crippen LogP contribution in [0.3, 0.4) is 0 Å². The van der Waals surface area contributed by atoms with Crippen LogP contribution in [0.25, 0.3) is 11.5 Å². The van der Waals surface area contributed by atoms with Gasteiger partial charge in [-0.3, -0.25) is 15.0 Å². The van der Waals surface area contributed by atoms with Crippen LogP contribution in [0.5, 0.6) is 5.75 Å². The number of nitro groups is 1. The zero-order valence-electron chi connectivity index (χ0n) is 17.5. The molecule has 3 aromatic rings. The van der Waals surface area contributed by atoms with Crippen molar-refractivity contribution in [3.63, 3.8) is 0 Å². The summed E-state index contributed by atoms with van der Waals surface area (Å²) >= 11 is 6.17. The van der Waals surface area contributed by atoms with E-state index in [1.165, 1.54) is 23.5 Å². The van der Waals surface area contributed by atoms with E-state index < -0.39 is 20.6 Å². The lowest BCUT2D eigenvalue weighted by atomic mass is 10.2. The smallest absolute Gasteiger partial charge is 0.312 e. The Morgan fingerprint density at radius 2 is 1.88 bits per heavy atom. The van der Waals surface area contributed by atoms with Gasteiger partial charge in [0.25, 0.3) is 0 Å². The van der Waals surface area contributed by atoms with E-state index in [0.29, 0.717) is 42.0 Å². The number of methoxy groups -OCH3 is 1. The van der Waals surface area contributed by atoms with Crippen molar-refractivity contribution >= 4 is 27.3 Å². The summed E-state index contributed by atoms with van der Waals surface area (Å²) in [5, 5.41) is 19.9. The zero-order chi connectivity index (χ0) is 23.6. The molecule has 1 aliphatic heterocycles. The number of aromatic nitrogens is 2. The van der Waals surface area contributed by atoms with Gasteiger partial charge in [0.2, 0.25) is 21.8 Å². The van der Waals surface area contributed by atoms with Gasteiger partial charge in [0.1, 0.15) is 0 Å². The molecule has 4 rings (SSSR count). The number of halogens is 1. The quantitative estimate of drug-likeness (QED) is 0.360. The van der Waals surface area contributed by atoms with Crippen molar-refractivity contribution in [2.75, 3.05) is 33.3 Å². The molecule has 11 nitrogen and oxygen atoms in total. The lowest BCUT2D eigenvalue weighted by molar-refractivity contribution is -0.386. The van der Waals surface area contributed by atoms with Gasteiger partial charge in [-0.15, -0.1) is 10.2 Å². The van der Waals surface area contributed by atoms with Gasteiger partial charge >= 0.3 is 5.69 Å². The molecule has 0 saturated carbocycles. The predicted molar refractivity (Wildman–Crippen MR) is 118 cm³/mol. The Bertz CT molecular complexity index is 1270. The van der Waals surface area contributed by atoms with E-state index in [0.717, 1.165) is 6.07 Å². The van der Waals surface area contributed by atoms with Crippen molar-refractivity contribution in [3.05, 3.63) is 63.5 Å². The van der Waals surface area contributed by atoms with E-state index in [2.05, 4.69) is 10.2 Å². The molecule has 0 bridgehead atoms. The van der Waals surface area contributed by atoms with E-state index in [1.54, 1.807) is 18.2 Å². The number of benzene rings is 2. The first-order valence-electron chi connectivity index (χ1n) is 9.92. The van der Waals surface area contributed by atoms with Crippen LogP contribution >= 0.6 is 11.6 Å². The van der Waals surface area contributed by atoms with Gasteiger partial charge in [0.15, 0.2) is 5.75 Å². The number of hydrogen-bond acceptors (Lipinski definition) is 9. The molecule has 0 unspecified atom stereocenters. The van der Waals surface area contributed by atoms with Gasteiger partial charge in [-0.2, -0.15) is 4.31 Å². The number of ether oxygens (including phenoxy) is 1. The summed E-state index contributed by atoms with van der Waals surface area (Å²) in [5.74, 6) is 0.712. The summed E-state index contributed by atoms with van der Waals surface area (Å²) in [6, 6.07) is 10.8. The fourth-order valence-corrected chi connectivity index (χ4v) is 5.16. The molecule has 0 aliphatic carbocycles. The van der Waals surface area contributed by atoms with Gasteiger partial charge in [-0.25, -0.2) is 8.42 Å². The van der Waals surface area contributed by atoms with Gasteiger partial charge in [-0.05, 0) is 24.3 Å². The third-order valence-electron chi connectivity index (χ3n) is 5.25. The lowest BCUT2D eigenvalue weighted by Gasteiger charge is -2.33. The molecule has 13 heteroatoms. The third kappa shape index (κ3) is 4.83. The van der Waals surface area contributed by atoms with Crippen LogP contribution in [0, 0.1) is 10.1 Å². The average Bonchev–Trinajstić information content (AvgIpc) is 3.27. The molecule has 1 aliphatic rings. The SMILES string of the molecule is COc1ccc(S(=O)(=O)N2CCN(Cc3nnc(-c4ccccc4Cl)o3)CC2)cc1[N+](=O)[O-]. The normalized spacial score (nSPS) is 15.5. The molecule has 174 valence electrons. The summed E-state index contributed by atoms with van der Waals surface area (Å²) in [4.78, 5) is 12.4. The summed E-state index contributed by atoms with van der Waals surface area (Å²) in [7, 11) is -2.61. The second-order valence-electron chi connectivity index (χ2n) is 7.25. The standard InChI is InChI=1S/C20H20ClN5O6S/c1-31-18-7-6-14(12-17(18)26(27)28)33(29,30)25-10-8-24(9-11-25)13-19-22-23-20(32-19)15-4-2-3-5-16(15)21/h2-7,12H,8-11,13H2,1H3. The van der Waals surface area contributed by atoms with E-state index in [9.17, 15) is 18.5 Å². The van der Waals surface area contributed by atoms with Gasteiger partial charge < -0.3 is 9.15 Å². The summed E-state index contributed by atoms with van der Waals surface area (Å²) in [6.07, 6.45) is 0. The minimum Gasteiger partial charge on any atom is -0.490 e. The van der Waals surface area contributed by atoms with E-state index >= 15 is 0 Å². The van der Waals surface area contributed by atoms with Crippen molar-refractivity contribution < 1.29 is 22.5 Å². The summed E-state index contributed by atoms with van der Waals surface area (Å²) in [5.41, 5.74) is 0.241. The van der Waals surface area contributed by atoms with Crippen LogP contribution in [0.15, 0.2) is 51.8 Å². The predicted octanol–water partition coefficient (Wildman–Crippen LogP) is 2.81. The Kier molecular flexibility index (Phi) is 6.61. The van der Waals surface area contributed by atoms with Crippen molar-refractivity contribution in [2.45, 2.75) is 11.4 Å². The average molecular weight is 494 g/mol. The Morgan fingerprint density at radius 1 is 1.15 bits per heavy atom. The Morgan fingerprint density at radius 3 is 2.55 bits per heavy atom. The van der Waals surface area contributed by atoms with Gasteiger partial charge in [0, 0.05) is 32.2 Å². The molecule has 1 aromatic heterocycles. The monoisotopic (exact) mass is 493 g/mol. The number of piperazine rings is 1. The number of nitro benzene ring substituents is 1. The van der Waals surface area contributed by atoms with Crippen LogP contribution in [-0.2, 0) is 16.6 Å². The minimum absolute atomic E-state index is 0.000476. The van der Waals surface area contributed by atoms with E-state index in [4.69, 9.17) is 20.8 Å². The molecule has 0 atom stereocenters. The maximum atomic E-state index is 13.0. The number of rotatable bonds is 7. The maximum absolute atomic E-state index is 13.0. The maximum Gasteiger partial charge on any atom is 0.312 e. The molecule has 0 N–H and O–H groups in total. The van der Waals surface area contributed by atoms with Crippen LogP contribution < -0.4 is 4.74 Å². The highest BCUT2D eigenvalue weighted by Gasteiger charge is 2.31. The Balaban J connectivity index is 1.41. The molecule has 0 spiro atoms. The summed E-state index contributed by atoms with van der Waals surface area (Å²) < 4.78 is 38.0. The highest BCUT2D eigenvalue weighted by molar-refractivity contribution is 7.89. The van der Waals surface area contributed by atoms with Crippen LogP contribution in [0.1, 0.15) is 5.89 Å². The molecule has 2 aromatic carbocycles. The number of hydrogen-bond donors (Lipinski definition) is 0. The molecule has 1 fully saturated rings. The number of sulfonamides is 1. The lowest BCUT2D eigenvalue weighted by Crippen LogP contribution is -2.48. The first kappa shape index (κ1) is 23.1. The van der Waals surface area contributed by atoms with Crippen LogP contribution in [0.2, 0.25) is 5.02 Å². The Hall–Kier alpha value is -3.06. The second kappa shape index (κ2) is 9.43. The van der Waals surface area contributed by atoms with Crippen molar-refractivity contribution in [3.8, 4) is 17.2 Å². The fraction of sp³-hybridized carbons (Fsp3) is 0.300. The van der Waals surface area contributed by atoms with Crippen molar-refractivity contribution in [1.29, 1.82) is 0 Å². The van der Waals surface area contributed by atoms with Crippen molar-refractivity contribution in [2.24, 2.45) is 0 Å². The summed E-state index contributed by atoms with van der Waals surface area (Å²) in [6.45, 7) is 1.66. The third-order valence-corrected chi connectivity index (χ3v) is 7.47. The van der Waals surface area contributed by atoms with Gasteiger partial charge in [-0.1, -0.05) is 23.7 Å². The minimum atomic E-state index is -3.90. The molecule has 1 saturated heterocycles. The van der Waals surface area contributed by atoms with Crippen LogP contribution in [-0.4, -0.2) is 66.0 Å². The first-order valence-corrected chi connectivity index (χ1v) is 11.7. The molecule has 0 radical (unpaired) electrons. The zero-order valence-corrected chi connectivity index (χ0v) is 19.1. The number of nitrogens with zero attached hydrogens (tertiary/aromatic N) is 5. The molecule has 0 amide bonds. The van der Waals surface area contributed by atoms with E-state index in [-0.39, 0.29) is 23.7 Å². The largest absolute Gasteiger partial charge is 0.490 e. The molecule has 33 heavy (non-hydrogen) atoms. The van der Waals surface area contributed by atoms with Gasteiger partial charge in [0.05, 0.1) is 34.1 Å². The Labute approximate surface area is 194 Å². The fourth-order valence-electron chi connectivity index (χ4n) is 3.50. The van der Waals surface area contributed by atoms with Crippen LogP contribution in [0.4, 0.5) is 5.69 Å². The van der Waals surface area contributed by atoms with Crippen molar-refractivity contribution in [1.82, 2.24) is 19.4 Å². The highest BCUT2D eigenvalue weighted by Crippen LogP contribution is 2.31. The molecular weight excluding hydrogens is 474 g/mol. The van der Waals surface area contributed by atoms with E-state index in [1.807, 2.05) is 11.0 Å².